The number of fused-ring (bicyclic) bond motifs is 5. The van der Waals surface area contributed by atoms with Gasteiger partial charge in [0.1, 0.15) is 0 Å². The van der Waals surface area contributed by atoms with E-state index in [0.29, 0.717) is 5.41 Å². The highest BCUT2D eigenvalue weighted by Crippen LogP contribution is 2.64. The van der Waals surface area contributed by atoms with Crippen molar-refractivity contribution in [3.63, 3.8) is 0 Å². The highest BCUT2D eigenvalue weighted by Gasteiger charge is 2.57. The molecule has 0 aliphatic heterocycles. The second-order valence-corrected chi connectivity index (χ2v) is 8.73. The van der Waals surface area contributed by atoms with Crippen molar-refractivity contribution in [2.24, 2.45) is 39.5 Å². The van der Waals surface area contributed by atoms with Crippen LogP contribution in [-0.2, 0) is 0 Å². The Morgan fingerprint density at radius 1 is 1.14 bits per heavy atom. The Hall–Kier alpha value is -0.830. The van der Waals surface area contributed by atoms with E-state index in [4.69, 9.17) is 5.84 Å². The predicted octanol–water partition coefficient (Wildman–Crippen LogP) is 3.62. The zero-order valence-electron chi connectivity index (χ0n) is 14.0. The number of hydrogen-bond donors (Lipinski definition) is 2. The maximum atomic E-state index is 10.0. The van der Waals surface area contributed by atoms with Crippen LogP contribution in [-0.4, -0.2) is 16.9 Å². The molecule has 0 bridgehead atoms. The van der Waals surface area contributed by atoms with E-state index in [-0.39, 0.29) is 11.5 Å². The van der Waals surface area contributed by atoms with E-state index >= 15 is 0 Å². The molecule has 0 radical (unpaired) electrons. The largest absolute Gasteiger partial charge is 0.393 e. The minimum Gasteiger partial charge on any atom is -0.393 e. The first-order chi connectivity index (χ1) is 10.5. The molecule has 3 heteroatoms. The van der Waals surface area contributed by atoms with Gasteiger partial charge in [-0.05, 0) is 74.5 Å². The van der Waals surface area contributed by atoms with Crippen LogP contribution >= 0.6 is 0 Å². The summed E-state index contributed by atoms with van der Waals surface area (Å²) < 4.78 is 0. The topological polar surface area (TPSA) is 58.6 Å². The summed E-state index contributed by atoms with van der Waals surface area (Å²) in [6.45, 7) is 4.90. The molecular weight excluding hydrogens is 272 g/mol. The molecule has 3 N–H and O–H groups in total. The van der Waals surface area contributed by atoms with Crippen LogP contribution in [0.25, 0.3) is 0 Å². The Morgan fingerprint density at radius 2 is 1.86 bits per heavy atom. The summed E-state index contributed by atoms with van der Waals surface area (Å²) >= 11 is 0. The SMILES string of the molecule is C[C@]12CC[C@H](O)CC1=CC[C@@H]1[C@H]2CC[C@]2(C)/C(=N/N)CC[C@H]12. The summed E-state index contributed by atoms with van der Waals surface area (Å²) in [5, 5.41) is 14.2. The van der Waals surface area contributed by atoms with Crippen molar-refractivity contribution >= 4 is 5.71 Å². The lowest BCUT2D eigenvalue weighted by Gasteiger charge is -2.57. The average Bonchev–Trinajstić information content (AvgIpc) is 2.84. The van der Waals surface area contributed by atoms with Gasteiger partial charge in [0.2, 0.25) is 0 Å². The van der Waals surface area contributed by atoms with Crippen LogP contribution < -0.4 is 5.84 Å². The number of aliphatic hydroxyl groups is 1. The maximum absolute atomic E-state index is 10.0. The fourth-order valence-electron chi connectivity index (χ4n) is 6.64. The van der Waals surface area contributed by atoms with Gasteiger partial charge >= 0.3 is 0 Å². The summed E-state index contributed by atoms with van der Waals surface area (Å²) in [5.74, 6) is 8.04. The van der Waals surface area contributed by atoms with E-state index < -0.39 is 0 Å². The molecule has 0 unspecified atom stereocenters. The molecule has 3 fully saturated rings. The molecule has 0 aromatic carbocycles. The van der Waals surface area contributed by atoms with E-state index in [2.05, 4.69) is 25.0 Å². The maximum Gasteiger partial charge on any atom is 0.0577 e. The molecule has 0 aromatic heterocycles. The Bertz CT molecular complexity index is 540. The lowest BCUT2D eigenvalue weighted by molar-refractivity contribution is -0.0209. The van der Waals surface area contributed by atoms with Crippen LogP contribution in [0.1, 0.15) is 65.2 Å². The van der Waals surface area contributed by atoms with Crippen LogP contribution in [0.4, 0.5) is 0 Å². The third-order valence-electron chi connectivity index (χ3n) is 7.97. The molecular formula is C19H30N2O. The molecule has 122 valence electrons. The van der Waals surface area contributed by atoms with Gasteiger partial charge in [-0.3, -0.25) is 0 Å². The highest BCUT2D eigenvalue weighted by atomic mass is 16.3. The minimum atomic E-state index is -0.104. The van der Waals surface area contributed by atoms with Crippen LogP contribution in [0, 0.1) is 28.6 Å². The molecule has 0 amide bonds. The second kappa shape index (κ2) is 4.83. The number of hydrogen-bond acceptors (Lipinski definition) is 3. The van der Waals surface area contributed by atoms with Crippen LogP contribution in [0.2, 0.25) is 0 Å². The molecule has 0 heterocycles. The predicted molar refractivity (Wildman–Crippen MR) is 89.3 cm³/mol. The molecule has 0 saturated heterocycles. The average molecular weight is 302 g/mol. The summed E-state index contributed by atoms with van der Waals surface area (Å²) in [6.07, 6.45) is 11.6. The molecule has 4 aliphatic rings. The summed E-state index contributed by atoms with van der Waals surface area (Å²) in [4.78, 5) is 0. The number of allylic oxidation sites excluding steroid dienone is 1. The first-order valence-corrected chi connectivity index (χ1v) is 9.14. The minimum absolute atomic E-state index is 0.104. The normalized spacial score (nSPS) is 52.7. The lowest BCUT2D eigenvalue weighted by Crippen LogP contribution is -2.50. The quantitative estimate of drug-likeness (QED) is 0.408. The van der Waals surface area contributed by atoms with Gasteiger partial charge in [0.05, 0.1) is 6.10 Å². The number of nitrogens with zero attached hydrogens (tertiary/aromatic N) is 1. The highest BCUT2D eigenvalue weighted by molar-refractivity contribution is 5.92. The molecule has 4 rings (SSSR count). The smallest absolute Gasteiger partial charge is 0.0577 e. The van der Waals surface area contributed by atoms with Crippen molar-refractivity contribution in [3.05, 3.63) is 11.6 Å². The molecule has 6 atom stereocenters. The Morgan fingerprint density at radius 3 is 2.64 bits per heavy atom. The van der Waals surface area contributed by atoms with E-state index in [9.17, 15) is 5.11 Å². The molecule has 22 heavy (non-hydrogen) atoms. The fraction of sp³-hybridized carbons (Fsp3) is 0.842. The van der Waals surface area contributed by atoms with Gasteiger partial charge in [0, 0.05) is 11.1 Å². The molecule has 3 saturated carbocycles. The van der Waals surface area contributed by atoms with E-state index in [0.717, 1.165) is 37.0 Å². The van der Waals surface area contributed by atoms with Gasteiger partial charge in [-0.15, -0.1) is 0 Å². The monoisotopic (exact) mass is 302 g/mol. The molecule has 3 nitrogen and oxygen atoms in total. The zero-order valence-corrected chi connectivity index (χ0v) is 14.0. The first kappa shape index (κ1) is 14.7. The fourth-order valence-corrected chi connectivity index (χ4v) is 6.64. The van der Waals surface area contributed by atoms with E-state index in [1.807, 2.05) is 0 Å². The molecule has 4 aliphatic carbocycles. The van der Waals surface area contributed by atoms with Gasteiger partial charge in [0.25, 0.3) is 0 Å². The van der Waals surface area contributed by atoms with Crippen molar-refractivity contribution in [2.75, 3.05) is 0 Å². The van der Waals surface area contributed by atoms with E-state index in [1.165, 1.54) is 37.8 Å². The van der Waals surface area contributed by atoms with Gasteiger partial charge in [-0.2, -0.15) is 5.10 Å². The zero-order chi connectivity index (χ0) is 15.5. The molecule has 0 aromatic rings. The summed E-state index contributed by atoms with van der Waals surface area (Å²) in [6, 6.07) is 0. The Kier molecular flexibility index (Phi) is 3.24. The van der Waals surface area contributed by atoms with Crippen molar-refractivity contribution in [2.45, 2.75) is 71.3 Å². The van der Waals surface area contributed by atoms with Gasteiger partial charge in [-0.1, -0.05) is 25.5 Å². The number of nitrogens with two attached hydrogens (primary N) is 1. The van der Waals surface area contributed by atoms with Crippen LogP contribution in [0.5, 0.6) is 0 Å². The second-order valence-electron chi connectivity index (χ2n) is 8.73. The number of aliphatic hydroxyl groups excluding tert-OH is 1. The number of hydrazone groups is 1. The van der Waals surface area contributed by atoms with Crippen molar-refractivity contribution in [1.82, 2.24) is 0 Å². The van der Waals surface area contributed by atoms with Gasteiger partial charge in [0.15, 0.2) is 0 Å². The van der Waals surface area contributed by atoms with Crippen molar-refractivity contribution in [1.29, 1.82) is 0 Å². The molecule has 0 spiro atoms. The van der Waals surface area contributed by atoms with Crippen molar-refractivity contribution < 1.29 is 5.11 Å². The third-order valence-corrected chi connectivity index (χ3v) is 7.97. The van der Waals surface area contributed by atoms with E-state index in [1.54, 1.807) is 5.57 Å². The standard InChI is InChI=1S/C19H30N2O/c1-18-9-7-13(22)11-12(18)3-4-14-15-5-6-17(21-20)19(15,2)10-8-16(14)18/h3,13-16,22H,4-11,20H2,1-2H3/b21-17+/t13-,14-,15+,16+,18-,19-/m0/s1. The summed E-state index contributed by atoms with van der Waals surface area (Å²) in [7, 11) is 0. The van der Waals surface area contributed by atoms with Crippen molar-refractivity contribution in [3.8, 4) is 0 Å². The number of rotatable bonds is 0. The Balaban J connectivity index is 1.69. The summed E-state index contributed by atoms with van der Waals surface area (Å²) in [5.41, 5.74) is 3.43. The van der Waals surface area contributed by atoms with Gasteiger partial charge in [-0.25, -0.2) is 0 Å². The third kappa shape index (κ3) is 1.81. The van der Waals surface area contributed by atoms with Crippen LogP contribution in [0.3, 0.4) is 0 Å². The lowest BCUT2D eigenvalue weighted by atomic mass is 9.48. The van der Waals surface area contributed by atoms with Gasteiger partial charge < -0.3 is 10.9 Å². The van der Waals surface area contributed by atoms with Crippen LogP contribution in [0.15, 0.2) is 16.8 Å². The first-order valence-electron chi connectivity index (χ1n) is 9.14. The Labute approximate surface area is 134 Å².